The summed E-state index contributed by atoms with van der Waals surface area (Å²) >= 11 is 5.79. The molecule has 3 aliphatic rings. The van der Waals surface area contributed by atoms with Crippen molar-refractivity contribution in [2.24, 2.45) is 0 Å². The SMILES string of the molecule is O=C1CCC(N2Cc3c(cc(F)cc3C3CCN(Cc4ccc(Cl)cc4C(F)(F)F)CC3)C2=O)C(=O)N1. The molecule has 3 amide bonds. The lowest BCUT2D eigenvalue weighted by Crippen LogP contribution is -2.52. The van der Waals surface area contributed by atoms with Crippen LogP contribution in [-0.2, 0) is 28.9 Å². The van der Waals surface area contributed by atoms with Crippen LogP contribution in [0.25, 0.3) is 0 Å². The van der Waals surface area contributed by atoms with Gasteiger partial charge in [0, 0.05) is 30.1 Å². The Kier molecular flexibility index (Phi) is 6.74. The molecule has 2 fully saturated rings. The molecular formula is C26H24ClF4N3O3. The van der Waals surface area contributed by atoms with Gasteiger partial charge in [-0.3, -0.25) is 24.6 Å². The maximum Gasteiger partial charge on any atom is 0.416 e. The van der Waals surface area contributed by atoms with E-state index in [0.717, 1.165) is 6.07 Å². The fraction of sp³-hybridized carbons (Fsp3) is 0.423. The zero-order valence-electron chi connectivity index (χ0n) is 19.7. The van der Waals surface area contributed by atoms with Crippen molar-refractivity contribution < 1.29 is 31.9 Å². The molecular weight excluding hydrogens is 514 g/mol. The van der Waals surface area contributed by atoms with Gasteiger partial charge in [0.1, 0.15) is 11.9 Å². The Balaban J connectivity index is 1.31. The highest BCUT2D eigenvalue weighted by Crippen LogP contribution is 2.39. The summed E-state index contributed by atoms with van der Waals surface area (Å²) in [7, 11) is 0. The van der Waals surface area contributed by atoms with E-state index in [0.29, 0.717) is 37.1 Å². The van der Waals surface area contributed by atoms with Gasteiger partial charge in [0.25, 0.3) is 5.91 Å². The van der Waals surface area contributed by atoms with Crippen LogP contribution in [0.15, 0.2) is 30.3 Å². The molecule has 11 heteroatoms. The molecule has 0 bridgehead atoms. The van der Waals surface area contributed by atoms with E-state index >= 15 is 0 Å². The van der Waals surface area contributed by atoms with Gasteiger partial charge in [-0.05, 0) is 79.2 Å². The highest BCUT2D eigenvalue weighted by molar-refractivity contribution is 6.30. The van der Waals surface area contributed by atoms with Crippen molar-refractivity contribution in [3.8, 4) is 0 Å². The van der Waals surface area contributed by atoms with E-state index in [2.05, 4.69) is 5.32 Å². The third-order valence-corrected chi connectivity index (χ3v) is 7.69. The van der Waals surface area contributed by atoms with Crippen LogP contribution in [0.3, 0.4) is 0 Å². The lowest BCUT2D eigenvalue weighted by Gasteiger charge is -2.33. The minimum atomic E-state index is -4.51. The summed E-state index contributed by atoms with van der Waals surface area (Å²) in [6.45, 7) is 1.26. The molecule has 0 aliphatic carbocycles. The molecule has 3 heterocycles. The van der Waals surface area contributed by atoms with E-state index in [9.17, 15) is 31.9 Å². The quantitative estimate of drug-likeness (QED) is 0.456. The van der Waals surface area contributed by atoms with Crippen molar-refractivity contribution in [2.45, 2.75) is 56.9 Å². The second kappa shape index (κ2) is 9.72. The number of carbonyl (C=O) groups excluding carboxylic acids is 3. The van der Waals surface area contributed by atoms with Gasteiger partial charge in [-0.15, -0.1) is 0 Å². The van der Waals surface area contributed by atoms with Crippen LogP contribution < -0.4 is 5.32 Å². The average Bonchev–Trinajstić information content (AvgIpc) is 3.15. The van der Waals surface area contributed by atoms with Gasteiger partial charge < -0.3 is 4.90 Å². The molecule has 2 aromatic carbocycles. The number of benzene rings is 2. The van der Waals surface area contributed by atoms with Gasteiger partial charge in [0.05, 0.1) is 5.56 Å². The number of imide groups is 1. The molecule has 2 aromatic rings. The molecule has 3 aliphatic heterocycles. The van der Waals surface area contributed by atoms with Crippen molar-refractivity contribution >= 4 is 29.3 Å². The number of fused-ring (bicyclic) bond motifs is 1. The largest absolute Gasteiger partial charge is 0.416 e. The van der Waals surface area contributed by atoms with E-state index < -0.39 is 35.4 Å². The second-order valence-electron chi connectivity index (χ2n) is 9.77. The Hall–Kier alpha value is -2.98. The van der Waals surface area contributed by atoms with Gasteiger partial charge in [-0.2, -0.15) is 13.2 Å². The molecule has 0 saturated carbocycles. The maximum absolute atomic E-state index is 14.6. The number of carbonyl (C=O) groups is 3. The van der Waals surface area contributed by atoms with Gasteiger partial charge in [0.2, 0.25) is 11.8 Å². The number of hydrogen-bond acceptors (Lipinski definition) is 4. The first-order chi connectivity index (χ1) is 17.5. The first kappa shape index (κ1) is 25.7. The zero-order chi connectivity index (χ0) is 26.5. The molecule has 37 heavy (non-hydrogen) atoms. The number of hydrogen-bond donors (Lipinski definition) is 1. The van der Waals surface area contributed by atoms with Crippen molar-refractivity contribution in [2.75, 3.05) is 13.1 Å². The Morgan fingerprint density at radius 1 is 1.03 bits per heavy atom. The number of rotatable bonds is 4. The number of nitrogens with zero attached hydrogens (tertiary/aromatic N) is 2. The summed E-state index contributed by atoms with van der Waals surface area (Å²) in [6.07, 6.45) is -3.01. The lowest BCUT2D eigenvalue weighted by molar-refractivity contribution is -0.139. The maximum atomic E-state index is 14.6. The van der Waals surface area contributed by atoms with Crippen molar-refractivity contribution in [1.82, 2.24) is 15.1 Å². The molecule has 0 aromatic heterocycles. The van der Waals surface area contributed by atoms with Crippen LogP contribution in [-0.4, -0.2) is 46.7 Å². The number of amides is 3. The molecule has 5 rings (SSSR count). The van der Waals surface area contributed by atoms with Crippen molar-refractivity contribution in [3.05, 3.63) is 69.0 Å². The first-order valence-corrected chi connectivity index (χ1v) is 12.4. The fourth-order valence-corrected chi connectivity index (χ4v) is 5.78. The minimum Gasteiger partial charge on any atom is -0.322 e. The predicted molar refractivity (Wildman–Crippen MR) is 126 cm³/mol. The summed E-state index contributed by atoms with van der Waals surface area (Å²) in [5, 5.41) is 2.28. The molecule has 6 nitrogen and oxygen atoms in total. The first-order valence-electron chi connectivity index (χ1n) is 12.1. The highest BCUT2D eigenvalue weighted by atomic mass is 35.5. The molecule has 1 atom stereocenters. The van der Waals surface area contributed by atoms with Crippen LogP contribution in [0, 0.1) is 5.82 Å². The van der Waals surface area contributed by atoms with E-state index in [1.807, 2.05) is 4.90 Å². The average molecular weight is 538 g/mol. The van der Waals surface area contributed by atoms with Crippen LogP contribution in [0.2, 0.25) is 5.02 Å². The van der Waals surface area contributed by atoms with Crippen LogP contribution in [0.4, 0.5) is 17.6 Å². The summed E-state index contributed by atoms with van der Waals surface area (Å²) < 4.78 is 55.0. The number of piperidine rings is 2. The number of likely N-dealkylation sites (tertiary alicyclic amines) is 1. The molecule has 0 spiro atoms. The van der Waals surface area contributed by atoms with Gasteiger partial charge in [-0.25, -0.2) is 4.39 Å². The Morgan fingerprint density at radius 2 is 1.76 bits per heavy atom. The van der Waals surface area contributed by atoms with E-state index in [1.54, 1.807) is 0 Å². The van der Waals surface area contributed by atoms with Gasteiger partial charge in [0.15, 0.2) is 0 Å². The summed E-state index contributed by atoms with van der Waals surface area (Å²) in [5.41, 5.74) is 0.981. The second-order valence-corrected chi connectivity index (χ2v) is 10.2. The standard InChI is InChI=1S/C26H24ClF4N3O3/c27-16-2-1-15(21(9-16)26(29,30)31)12-33-7-5-14(6-8-33)18-10-17(28)11-19-20(18)13-34(25(19)37)22-3-4-23(35)32-24(22)36/h1-2,9-11,14,22H,3-8,12-13H2,(H,32,35,36). The van der Waals surface area contributed by atoms with Crippen molar-refractivity contribution in [1.29, 1.82) is 0 Å². The van der Waals surface area contributed by atoms with Crippen LogP contribution >= 0.6 is 11.6 Å². The summed E-state index contributed by atoms with van der Waals surface area (Å²) in [4.78, 5) is 40.3. The van der Waals surface area contributed by atoms with Crippen LogP contribution in [0.1, 0.15) is 64.2 Å². The van der Waals surface area contributed by atoms with E-state index in [1.165, 1.54) is 29.2 Å². The molecule has 196 valence electrons. The zero-order valence-corrected chi connectivity index (χ0v) is 20.5. The third-order valence-electron chi connectivity index (χ3n) is 7.45. The Morgan fingerprint density at radius 3 is 2.43 bits per heavy atom. The number of nitrogens with one attached hydrogen (secondary N) is 1. The van der Waals surface area contributed by atoms with E-state index in [-0.39, 0.29) is 53.9 Å². The summed E-state index contributed by atoms with van der Waals surface area (Å²) in [5.74, 6) is -1.99. The summed E-state index contributed by atoms with van der Waals surface area (Å²) in [6, 6.07) is 5.58. The van der Waals surface area contributed by atoms with Gasteiger partial charge >= 0.3 is 6.18 Å². The Bertz CT molecular complexity index is 1270. The predicted octanol–water partition coefficient (Wildman–Crippen LogP) is 4.64. The van der Waals surface area contributed by atoms with E-state index in [4.69, 9.17) is 11.6 Å². The molecule has 2 saturated heterocycles. The lowest BCUT2D eigenvalue weighted by atomic mass is 9.85. The topological polar surface area (TPSA) is 69.7 Å². The highest BCUT2D eigenvalue weighted by Gasteiger charge is 2.41. The minimum absolute atomic E-state index is 0.0237. The smallest absolute Gasteiger partial charge is 0.322 e. The van der Waals surface area contributed by atoms with Crippen molar-refractivity contribution in [3.63, 3.8) is 0 Å². The number of halogens is 5. The Labute approximate surface area is 215 Å². The monoisotopic (exact) mass is 537 g/mol. The molecule has 0 radical (unpaired) electrons. The normalized spacial score (nSPS) is 21.4. The van der Waals surface area contributed by atoms with Gasteiger partial charge in [-0.1, -0.05) is 17.7 Å². The third kappa shape index (κ3) is 5.09. The molecule has 1 N–H and O–H groups in total. The fourth-order valence-electron chi connectivity index (χ4n) is 5.61. The van der Waals surface area contributed by atoms with Crippen LogP contribution in [0.5, 0.6) is 0 Å². The number of alkyl halides is 3. The molecule has 1 unspecified atom stereocenters.